The summed E-state index contributed by atoms with van der Waals surface area (Å²) in [5.74, 6) is 1.11. The molecule has 0 aliphatic carbocycles. The fourth-order valence-electron chi connectivity index (χ4n) is 4.51. The molecule has 1 fully saturated rings. The van der Waals surface area contributed by atoms with Gasteiger partial charge >= 0.3 is 0 Å². The van der Waals surface area contributed by atoms with E-state index in [0.717, 1.165) is 5.56 Å². The van der Waals surface area contributed by atoms with Crippen molar-refractivity contribution < 1.29 is 29.0 Å². The lowest BCUT2D eigenvalue weighted by molar-refractivity contribution is 0.0762. The number of ether oxygens (including phenoxy) is 2. The van der Waals surface area contributed by atoms with Crippen molar-refractivity contribution in [3.63, 3.8) is 0 Å². The number of nitrogens with zero attached hydrogens (tertiary/aromatic N) is 3. The SMILES string of the molecule is CC(C)(C)[C@@H](Nc1n[s+]([O-])nc1Nc1cccc(C(=O)N2CC[C@@H](O)C2)c1O)c1ccc2c(c1)OCO2. The number of aliphatic hydroxyl groups is 1. The van der Waals surface area contributed by atoms with E-state index in [9.17, 15) is 19.6 Å². The van der Waals surface area contributed by atoms with E-state index in [1.54, 1.807) is 12.1 Å². The highest BCUT2D eigenvalue weighted by molar-refractivity contribution is 7.14. The summed E-state index contributed by atoms with van der Waals surface area (Å²) in [6.07, 6.45) is -0.0720. The van der Waals surface area contributed by atoms with E-state index in [1.165, 1.54) is 11.0 Å². The summed E-state index contributed by atoms with van der Waals surface area (Å²) < 4.78 is 31.5. The molecule has 12 heteroatoms. The van der Waals surface area contributed by atoms with E-state index in [-0.39, 0.29) is 59.3 Å². The summed E-state index contributed by atoms with van der Waals surface area (Å²) in [5.41, 5.74) is 0.936. The number of carbonyl (C=O) groups is 1. The van der Waals surface area contributed by atoms with Crippen LogP contribution in [-0.2, 0) is 0 Å². The Morgan fingerprint density at radius 1 is 1.19 bits per heavy atom. The van der Waals surface area contributed by atoms with Crippen LogP contribution in [-0.4, -0.2) is 60.3 Å². The molecule has 1 amide bonds. The molecular formula is C25H29N5O6S. The molecule has 3 aromatic rings. The maximum Gasteiger partial charge on any atom is 0.257 e. The number of benzene rings is 2. The van der Waals surface area contributed by atoms with E-state index in [2.05, 4.69) is 40.2 Å². The molecule has 4 N–H and O–H groups in total. The van der Waals surface area contributed by atoms with Crippen LogP contribution in [0.15, 0.2) is 36.4 Å². The van der Waals surface area contributed by atoms with Crippen LogP contribution in [0.3, 0.4) is 0 Å². The number of amides is 1. The van der Waals surface area contributed by atoms with Gasteiger partial charge in [-0.3, -0.25) is 4.79 Å². The molecule has 3 atom stereocenters. The van der Waals surface area contributed by atoms with Gasteiger partial charge in [0, 0.05) is 21.8 Å². The zero-order valence-corrected chi connectivity index (χ0v) is 21.5. The van der Waals surface area contributed by atoms with Crippen molar-refractivity contribution in [2.45, 2.75) is 39.3 Å². The smallest absolute Gasteiger partial charge is 0.257 e. The molecule has 1 aromatic heterocycles. The molecule has 196 valence electrons. The highest BCUT2D eigenvalue weighted by Gasteiger charge is 2.32. The van der Waals surface area contributed by atoms with Crippen LogP contribution in [0.5, 0.6) is 17.2 Å². The second-order valence-electron chi connectivity index (χ2n) is 10.2. The number of β-amino-alcohol motifs (C(OH)–C–C–N with tert-alkyl or cyclic N) is 1. The number of phenols is 1. The molecule has 5 rings (SSSR count). The van der Waals surface area contributed by atoms with Crippen LogP contribution in [0.4, 0.5) is 17.3 Å². The average Bonchev–Trinajstić information content (AvgIpc) is 3.57. The van der Waals surface area contributed by atoms with E-state index in [4.69, 9.17) is 9.47 Å². The first kappa shape index (κ1) is 25.1. The Labute approximate surface area is 217 Å². The number of aliphatic hydroxyl groups excluding tert-OH is 1. The Bertz CT molecular complexity index is 1320. The number of carbonyl (C=O) groups excluding carboxylic acids is 1. The van der Waals surface area contributed by atoms with Crippen LogP contribution in [0.25, 0.3) is 0 Å². The van der Waals surface area contributed by atoms with Crippen molar-refractivity contribution in [2.75, 3.05) is 30.5 Å². The number of fused-ring (bicyclic) bond motifs is 1. The van der Waals surface area contributed by atoms with Crippen molar-refractivity contribution >= 4 is 34.4 Å². The molecule has 0 spiro atoms. The summed E-state index contributed by atoms with van der Waals surface area (Å²) in [7, 11) is 0. The van der Waals surface area contributed by atoms with Gasteiger partial charge in [0.2, 0.25) is 18.4 Å². The van der Waals surface area contributed by atoms with E-state index >= 15 is 0 Å². The maximum atomic E-state index is 12.9. The Balaban J connectivity index is 1.42. The second-order valence-corrected chi connectivity index (χ2v) is 11.0. The lowest BCUT2D eigenvalue weighted by Crippen LogP contribution is -2.29. The van der Waals surface area contributed by atoms with Crippen molar-refractivity contribution in [1.29, 1.82) is 0 Å². The molecule has 0 radical (unpaired) electrons. The van der Waals surface area contributed by atoms with Crippen molar-refractivity contribution in [1.82, 2.24) is 13.6 Å². The van der Waals surface area contributed by atoms with Crippen LogP contribution in [0.2, 0.25) is 0 Å². The summed E-state index contributed by atoms with van der Waals surface area (Å²) in [6.45, 7) is 6.97. The average molecular weight is 528 g/mol. The van der Waals surface area contributed by atoms with Crippen molar-refractivity contribution in [3.05, 3.63) is 47.5 Å². The van der Waals surface area contributed by atoms with E-state index in [0.29, 0.717) is 24.5 Å². The van der Waals surface area contributed by atoms with Crippen LogP contribution in [0.1, 0.15) is 49.2 Å². The number of para-hydroxylation sites is 1. The number of nitrogens with one attached hydrogen (secondary N) is 2. The number of phenolic OH excluding ortho intramolecular Hbond substituents is 1. The highest BCUT2D eigenvalue weighted by Crippen LogP contribution is 2.42. The third kappa shape index (κ3) is 5.13. The van der Waals surface area contributed by atoms with Crippen LogP contribution in [0, 0.1) is 5.41 Å². The van der Waals surface area contributed by atoms with Gasteiger partial charge in [-0.05, 0) is 41.7 Å². The molecule has 2 aromatic carbocycles. The minimum Gasteiger partial charge on any atom is -0.546 e. The molecule has 1 unspecified atom stereocenters. The summed E-state index contributed by atoms with van der Waals surface area (Å²) in [6, 6.07) is 10.1. The molecule has 2 aliphatic heterocycles. The minimum atomic E-state index is -1.86. The van der Waals surface area contributed by atoms with E-state index < -0.39 is 17.2 Å². The monoisotopic (exact) mass is 527 g/mol. The van der Waals surface area contributed by atoms with Gasteiger partial charge in [0.25, 0.3) is 5.91 Å². The number of aromatic hydroxyl groups is 1. The molecule has 0 bridgehead atoms. The number of hydrogen-bond donors (Lipinski definition) is 4. The quantitative estimate of drug-likeness (QED) is 0.275. The minimum absolute atomic E-state index is 0.0956. The fraction of sp³-hybridized carbons (Fsp3) is 0.400. The molecule has 0 saturated carbocycles. The molecule has 37 heavy (non-hydrogen) atoms. The van der Waals surface area contributed by atoms with Gasteiger partial charge in [0.15, 0.2) is 28.4 Å². The predicted octanol–water partition coefficient (Wildman–Crippen LogP) is 3.79. The first-order valence-corrected chi connectivity index (χ1v) is 13.0. The lowest BCUT2D eigenvalue weighted by Gasteiger charge is -2.32. The van der Waals surface area contributed by atoms with Gasteiger partial charge in [-0.2, -0.15) is 0 Å². The van der Waals surface area contributed by atoms with Crippen LogP contribution >= 0.6 is 11.1 Å². The normalized spacial score (nSPS) is 18.1. The third-order valence-corrected chi connectivity index (χ3v) is 7.09. The van der Waals surface area contributed by atoms with Gasteiger partial charge in [-0.15, -0.1) is 0 Å². The first-order chi connectivity index (χ1) is 17.6. The van der Waals surface area contributed by atoms with Gasteiger partial charge in [0.1, 0.15) is 0 Å². The number of anilines is 3. The second kappa shape index (κ2) is 9.69. The molecule has 11 nitrogen and oxygen atoms in total. The number of likely N-dealkylation sites (tertiary alicyclic amines) is 1. The van der Waals surface area contributed by atoms with Crippen molar-refractivity contribution in [3.8, 4) is 17.2 Å². The largest absolute Gasteiger partial charge is 0.546 e. The van der Waals surface area contributed by atoms with Crippen LogP contribution < -0.4 is 20.1 Å². The Hall–Kier alpha value is -3.61. The highest BCUT2D eigenvalue weighted by atomic mass is 32.2. The lowest BCUT2D eigenvalue weighted by atomic mass is 9.82. The maximum absolute atomic E-state index is 12.9. The van der Waals surface area contributed by atoms with Gasteiger partial charge < -0.3 is 39.8 Å². The molecular weight excluding hydrogens is 498 g/mol. The van der Waals surface area contributed by atoms with E-state index in [1.807, 2.05) is 18.2 Å². The zero-order chi connectivity index (χ0) is 26.3. The summed E-state index contributed by atoms with van der Waals surface area (Å²) in [5, 5.41) is 27.0. The van der Waals surface area contributed by atoms with Gasteiger partial charge in [0.05, 0.1) is 23.4 Å². The summed E-state index contributed by atoms with van der Waals surface area (Å²) >= 11 is -1.86. The number of rotatable bonds is 6. The Kier molecular flexibility index (Phi) is 6.56. The van der Waals surface area contributed by atoms with Gasteiger partial charge in [-0.1, -0.05) is 32.9 Å². The molecule has 3 heterocycles. The summed E-state index contributed by atoms with van der Waals surface area (Å²) in [4.78, 5) is 14.4. The Morgan fingerprint density at radius 3 is 2.68 bits per heavy atom. The van der Waals surface area contributed by atoms with Gasteiger partial charge in [-0.25, -0.2) is 0 Å². The predicted molar refractivity (Wildman–Crippen MR) is 137 cm³/mol. The number of hydrogen-bond acceptors (Lipinski definition) is 10. The number of aromatic nitrogens is 2. The first-order valence-electron chi connectivity index (χ1n) is 11.9. The zero-order valence-electron chi connectivity index (χ0n) is 20.7. The topological polar surface area (TPSA) is 152 Å². The van der Waals surface area contributed by atoms with Crippen molar-refractivity contribution in [2.24, 2.45) is 5.41 Å². The Morgan fingerprint density at radius 2 is 1.95 bits per heavy atom. The molecule has 1 saturated heterocycles. The fourth-order valence-corrected chi connectivity index (χ4v) is 5.13. The standard InChI is InChI=1S/C25H29N5O6S/c1-25(2,3)21(14-7-8-18-19(11-14)36-13-35-18)27-23-22(28-37(34)29-23)26-17-6-4-5-16(20(17)32)24(33)30-10-9-15(31)12-30/h4-8,11,15,21,31-32H,9-10,12-13H2,1-3H3,(H,26,28)(H,27,29)/t15-,21+,37?/m1/s1. The third-order valence-electron chi connectivity index (χ3n) is 6.41. The molecule has 2 aliphatic rings.